The topological polar surface area (TPSA) is 61.4 Å². The minimum absolute atomic E-state index is 0.0293. The number of nitrogens with zero attached hydrogens (tertiary/aromatic N) is 1. The van der Waals surface area contributed by atoms with Crippen molar-refractivity contribution < 1.29 is 9.59 Å². The lowest BCUT2D eigenvalue weighted by Gasteiger charge is -2.28. The van der Waals surface area contributed by atoms with Crippen molar-refractivity contribution in [3.05, 3.63) is 48.0 Å². The molecule has 5 nitrogen and oxygen atoms in total. The number of hydrogen-bond acceptors (Lipinski definition) is 4. The van der Waals surface area contributed by atoms with Crippen LogP contribution >= 0.6 is 11.8 Å². The first-order chi connectivity index (χ1) is 13.1. The normalized spacial score (nSPS) is 19.2. The predicted octanol–water partition coefficient (Wildman–Crippen LogP) is 4.36. The van der Waals surface area contributed by atoms with E-state index in [4.69, 9.17) is 0 Å². The van der Waals surface area contributed by atoms with Crippen LogP contribution in [0.3, 0.4) is 0 Å². The van der Waals surface area contributed by atoms with Crippen LogP contribution in [0.15, 0.2) is 47.4 Å². The molecule has 2 aliphatic heterocycles. The Bertz CT molecular complexity index is 860. The summed E-state index contributed by atoms with van der Waals surface area (Å²) in [6, 6.07) is 13.4. The number of carbonyl (C=O) groups excluding carboxylic acids is 2. The SMILES string of the molecule is C[C@@H]1Sc2ccc(C(=O)Nc3ccc(N4CCCCC4)cc3)cc2NC1=O. The van der Waals surface area contributed by atoms with E-state index in [9.17, 15) is 9.59 Å². The number of anilines is 3. The summed E-state index contributed by atoms with van der Waals surface area (Å²) in [4.78, 5) is 27.8. The van der Waals surface area contributed by atoms with Crippen molar-refractivity contribution >= 4 is 40.6 Å². The number of piperidine rings is 1. The molecule has 0 spiro atoms. The second-order valence-corrected chi connectivity index (χ2v) is 8.39. The van der Waals surface area contributed by atoms with Gasteiger partial charge >= 0.3 is 0 Å². The number of benzene rings is 2. The number of hydrogen-bond donors (Lipinski definition) is 2. The second-order valence-electron chi connectivity index (χ2n) is 7.01. The average Bonchev–Trinajstić information content (AvgIpc) is 2.70. The summed E-state index contributed by atoms with van der Waals surface area (Å²) < 4.78 is 0. The van der Waals surface area contributed by atoms with Gasteiger partial charge in [-0.15, -0.1) is 11.8 Å². The molecule has 2 aliphatic rings. The molecule has 2 heterocycles. The van der Waals surface area contributed by atoms with E-state index in [1.165, 1.54) is 36.7 Å². The van der Waals surface area contributed by atoms with E-state index in [0.717, 1.165) is 23.7 Å². The Morgan fingerprint density at radius 3 is 2.59 bits per heavy atom. The van der Waals surface area contributed by atoms with Crippen LogP contribution in [0, 0.1) is 0 Å². The molecule has 2 amide bonds. The Labute approximate surface area is 163 Å². The molecule has 27 heavy (non-hydrogen) atoms. The van der Waals surface area contributed by atoms with Crippen LogP contribution in [0.25, 0.3) is 0 Å². The van der Waals surface area contributed by atoms with Crippen molar-refractivity contribution in [1.82, 2.24) is 0 Å². The van der Waals surface area contributed by atoms with Crippen molar-refractivity contribution in [2.24, 2.45) is 0 Å². The van der Waals surface area contributed by atoms with Gasteiger partial charge in [0.15, 0.2) is 0 Å². The van der Waals surface area contributed by atoms with Crippen molar-refractivity contribution in [2.75, 3.05) is 28.6 Å². The largest absolute Gasteiger partial charge is 0.372 e. The molecule has 1 atom stereocenters. The Morgan fingerprint density at radius 2 is 1.85 bits per heavy atom. The molecular weight excluding hydrogens is 358 g/mol. The highest BCUT2D eigenvalue weighted by molar-refractivity contribution is 8.00. The van der Waals surface area contributed by atoms with Crippen LogP contribution in [-0.4, -0.2) is 30.2 Å². The molecule has 0 aromatic heterocycles. The molecular formula is C21H23N3O2S. The van der Waals surface area contributed by atoms with Crippen molar-refractivity contribution in [1.29, 1.82) is 0 Å². The standard InChI is InChI=1S/C21H23N3O2S/c1-14-20(25)23-18-13-15(5-10-19(18)27-14)21(26)22-16-6-8-17(9-7-16)24-11-3-2-4-12-24/h5-10,13-14H,2-4,11-12H2,1H3,(H,22,26)(H,23,25)/t14-/m0/s1. The molecule has 140 valence electrons. The average molecular weight is 382 g/mol. The Balaban J connectivity index is 1.44. The first-order valence-corrected chi connectivity index (χ1v) is 10.3. The van der Waals surface area contributed by atoms with Gasteiger partial charge in [0.05, 0.1) is 10.9 Å². The number of rotatable bonds is 3. The summed E-state index contributed by atoms with van der Waals surface area (Å²) in [6.45, 7) is 4.07. The first-order valence-electron chi connectivity index (χ1n) is 9.38. The fourth-order valence-corrected chi connectivity index (χ4v) is 4.39. The molecule has 0 radical (unpaired) electrons. The molecule has 0 unspecified atom stereocenters. The van der Waals surface area contributed by atoms with E-state index >= 15 is 0 Å². The van der Waals surface area contributed by atoms with E-state index in [2.05, 4.69) is 27.7 Å². The molecule has 2 aromatic carbocycles. The molecule has 0 bridgehead atoms. The maximum atomic E-state index is 12.6. The van der Waals surface area contributed by atoms with E-state index < -0.39 is 0 Å². The van der Waals surface area contributed by atoms with Crippen molar-refractivity contribution in [3.8, 4) is 0 Å². The van der Waals surface area contributed by atoms with Gasteiger partial charge in [-0.3, -0.25) is 9.59 Å². The van der Waals surface area contributed by atoms with Crippen LogP contribution in [-0.2, 0) is 4.79 Å². The number of amides is 2. The quantitative estimate of drug-likeness (QED) is 0.829. The van der Waals surface area contributed by atoms with Gasteiger partial charge in [0, 0.05) is 34.9 Å². The Kier molecular flexibility index (Phi) is 5.07. The summed E-state index contributed by atoms with van der Waals surface area (Å²) >= 11 is 1.51. The Morgan fingerprint density at radius 1 is 1.11 bits per heavy atom. The third-order valence-corrected chi connectivity index (χ3v) is 6.20. The van der Waals surface area contributed by atoms with E-state index in [0.29, 0.717) is 11.3 Å². The predicted molar refractivity (Wildman–Crippen MR) is 111 cm³/mol. The zero-order chi connectivity index (χ0) is 18.8. The smallest absolute Gasteiger partial charge is 0.255 e. The molecule has 6 heteroatoms. The first kappa shape index (κ1) is 17.9. The van der Waals surface area contributed by atoms with Crippen LogP contribution in [0.2, 0.25) is 0 Å². The maximum Gasteiger partial charge on any atom is 0.255 e. The van der Waals surface area contributed by atoms with Gasteiger partial charge < -0.3 is 15.5 Å². The molecule has 2 N–H and O–H groups in total. The highest BCUT2D eigenvalue weighted by Gasteiger charge is 2.23. The Hall–Kier alpha value is -2.47. The second kappa shape index (κ2) is 7.64. The van der Waals surface area contributed by atoms with Gasteiger partial charge in [-0.2, -0.15) is 0 Å². The molecule has 2 aromatic rings. The minimum Gasteiger partial charge on any atom is -0.372 e. The molecule has 0 aliphatic carbocycles. The number of thioether (sulfide) groups is 1. The summed E-state index contributed by atoms with van der Waals surface area (Å²) in [5.74, 6) is -0.209. The zero-order valence-corrected chi connectivity index (χ0v) is 16.1. The van der Waals surface area contributed by atoms with E-state index in [1.54, 1.807) is 12.1 Å². The number of nitrogens with one attached hydrogen (secondary N) is 2. The van der Waals surface area contributed by atoms with Crippen LogP contribution in [0.5, 0.6) is 0 Å². The minimum atomic E-state index is -0.179. The van der Waals surface area contributed by atoms with Crippen LogP contribution < -0.4 is 15.5 Å². The number of fused-ring (bicyclic) bond motifs is 1. The summed E-state index contributed by atoms with van der Waals surface area (Å²) in [5, 5.41) is 5.69. The third-order valence-electron chi connectivity index (χ3n) is 5.02. The lowest BCUT2D eigenvalue weighted by molar-refractivity contribution is -0.115. The fourth-order valence-electron chi connectivity index (χ4n) is 3.46. The van der Waals surface area contributed by atoms with Crippen LogP contribution in [0.4, 0.5) is 17.1 Å². The molecule has 1 saturated heterocycles. The van der Waals surface area contributed by atoms with Crippen molar-refractivity contribution in [3.63, 3.8) is 0 Å². The van der Waals surface area contributed by atoms with E-state index in [-0.39, 0.29) is 17.1 Å². The summed E-state index contributed by atoms with van der Waals surface area (Å²) in [6.07, 6.45) is 3.79. The highest BCUT2D eigenvalue weighted by Crippen LogP contribution is 2.36. The maximum absolute atomic E-state index is 12.6. The lowest BCUT2D eigenvalue weighted by Crippen LogP contribution is -2.29. The van der Waals surface area contributed by atoms with Gasteiger partial charge in [-0.25, -0.2) is 0 Å². The molecule has 0 saturated carbocycles. The van der Waals surface area contributed by atoms with Crippen LogP contribution in [0.1, 0.15) is 36.5 Å². The van der Waals surface area contributed by atoms with Gasteiger partial charge in [0.1, 0.15) is 0 Å². The van der Waals surface area contributed by atoms with Gasteiger partial charge in [0.25, 0.3) is 5.91 Å². The highest BCUT2D eigenvalue weighted by atomic mass is 32.2. The van der Waals surface area contributed by atoms with Crippen molar-refractivity contribution in [2.45, 2.75) is 36.3 Å². The van der Waals surface area contributed by atoms with E-state index in [1.807, 2.05) is 25.1 Å². The number of carbonyl (C=O) groups is 2. The molecule has 1 fully saturated rings. The van der Waals surface area contributed by atoms with Gasteiger partial charge in [-0.05, 0) is 68.7 Å². The monoisotopic (exact) mass is 381 g/mol. The lowest BCUT2D eigenvalue weighted by atomic mass is 10.1. The molecule has 4 rings (SSSR count). The van der Waals surface area contributed by atoms with Gasteiger partial charge in [0.2, 0.25) is 5.91 Å². The zero-order valence-electron chi connectivity index (χ0n) is 15.3. The third kappa shape index (κ3) is 3.95. The van der Waals surface area contributed by atoms with Gasteiger partial charge in [-0.1, -0.05) is 0 Å². The summed E-state index contributed by atoms with van der Waals surface area (Å²) in [5.41, 5.74) is 3.21. The summed E-state index contributed by atoms with van der Waals surface area (Å²) in [7, 11) is 0. The fraction of sp³-hybridized carbons (Fsp3) is 0.333.